The molecular formula is C23H17F5N2O4S. The standard InChI is InChI=1S/C23H17F5N2O4S/c24-17-18(25)20(27)22(21(28)19(17)26)35(33,34)30(15-9-10-15)11-13-3-1-2-4-16(13)12-5-7-14(8-6-12)29-23(31)32/h1-8,15,29H,9-11H2,(H,31,32). The van der Waals surface area contributed by atoms with Crippen LogP contribution in [0.4, 0.5) is 32.4 Å². The molecule has 0 atom stereocenters. The molecule has 0 radical (unpaired) electrons. The van der Waals surface area contributed by atoms with Gasteiger partial charge in [-0.1, -0.05) is 36.4 Å². The Balaban J connectivity index is 1.75. The lowest BCUT2D eigenvalue weighted by Crippen LogP contribution is -2.34. The Kier molecular flexibility index (Phi) is 6.52. The number of amides is 1. The summed E-state index contributed by atoms with van der Waals surface area (Å²) in [6.45, 7) is -0.391. The number of hydrogen-bond acceptors (Lipinski definition) is 3. The summed E-state index contributed by atoms with van der Waals surface area (Å²) in [4.78, 5) is 8.91. The summed E-state index contributed by atoms with van der Waals surface area (Å²) in [6, 6.07) is 12.0. The Morgan fingerprint density at radius 2 is 1.43 bits per heavy atom. The molecule has 2 N–H and O–H groups in total. The number of rotatable bonds is 7. The predicted molar refractivity (Wildman–Crippen MR) is 116 cm³/mol. The fourth-order valence-electron chi connectivity index (χ4n) is 3.67. The second kappa shape index (κ2) is 9.27. The normalized spacial score (nSPS) is 13.8. The van der Waals surface area contributed by atoms with Crippen LogP contribution in [0.1, 0.15) is 18.4 Å². The van der Waals surface area contributed by atoms with Crippen LogP contribution in [-0.2, 0) is 16.6 Å². The molecule has 1 saturated carbocycles. The van der Waals surface area contributed by atoms with Crippen molar-refractivity contribution in [2.24, 2.45) is 0 Å². The highest BCUT2D eigenvalue weighted by atomic mass is 32.2. The number of benzene rings is 3. The number of hydrogen-bond donors (Lipinski definition) is 2. The first-order valence-electron chi connectivity index (χ1n) is 10.2. The number of carboxylic acid groups (broad SMARTS) is 1. The Hall–Kier alpha value is -3.51. The summed E-state index contributed by atoms with van der Waals surface area (Å²) in [5.74, 6) is -11.9. The first kappa shape index (κ1) is 24.6. The maximum absolute atomic E-state index is 14.4. The van der Waals surface area contributed by atoms with Crippen molar-refractivity contribution in [2.75, 3.05) is 5.32 Å². The molecule has 12 heteroatoms. The fraction of sp³-hybridized carbons (Fsp3) is 0.174. The number of nitrogens with one attached hydrogen (secondary N) is 1. The Morgan fingerprint density at radius 3 is 1.97 bits per heavy atom. The van der Waals surface area contributed by atoms with Gasteiger partial charge in [-0.05, 0) is 41.7 Å². The average Bonchev–Trinajstić information content (AvgIpc) is 3.65. The zero-order valence-electron chi connectivity index (χ0n) is 17.7. The number of halogens is 5. The van der Waals surface area contributed by atoms with Gasteiger partial charge >= 0.3 is 6.09 Å². The van der Waals surface area contributed by atoms with Crippen LogP contribution >= 0.6 is 0 Å². The second-order valence-electron chi connectivity index (χ2n) is 7.85. The number of anilines is 1. The number of nitrogens with zero attached hydrogens (tertiary/aromatic N) is 1. The molecule has 0 spiro atoms. The van der Waals surface area contributed by atoms with Gasteiger partial charge in [-0.2, -0.15) is 4.31 Å². The zero-order valence-corrected chi connectivity index (χ0v) is 18.6. The maximum Gasteiger partial charge on any atom is 0.409 e. The molecule has 1 aliphatic rings. The lowest BCUT2D eigenvalue weighted by atomic mass is 9.99. The van der Waals surface area contributed by atoms with Crippen molar-refractivity contribution >= 4 is 21.8 Å². The minimum Gasteiger partial charge on any atom is -0.465 e. The smallest absolute Gasteiger partial charge is 0.409 e. The summed E-state index contributed by atoms with van der Waals surface area (Å²) in [6.07, 6.45) is -0.546. The van der Waals surface area contributed by atoms with E-state index in [4.69, 9.17) is 5.11 Å². The molecule has 0 aliphatic heterocycles. The van der Waals surface area contributed by atoms with Crippen LogP contribution in [-0.4, -0.2) is 30.0 Å². The van der Waals surface area contributed by atoms with E-state index < -0.39 is 62.7 Å². The third-order valence-electron chi connectivity index (χ3n) is 5.48. The molecule has 3 aromatic rings. The van der Waals surface area contributed by atoms with E-state index in [0.29, 0.717) is 35.2 Å². The van der Waals surface area contributed by atoms with E-state index in [1.54, 1.807) is 36.4 Å². The molecule has 0 saturated heterocycles. The topological polar surface area (TPSA) is 86.7 Å². The SMILES string of the molecule is O=C(O)Nc1ccc(-c2ccccc2CN(C2CC2)S(=O)(=O)c2c(F)c(F)c(F)c(F)c2F)cc1. The largest absolute Gasteiger partial charge is 0.465 e. The van der Waals surface area contributed by atoms with E-state index >= 15 is 0 Å². The molecule has 0 aromatic heterocycles. The van der Waals surface area contributed by atoms with E-state index in [1.807, 2.05) is 0 Å². The third kappa shape index (κ3) is 4.71. The summed E-state index contributed by atoms with van der Waals surface area (Å²) in [7, 11) is -5.12. The second-order valence-corrected chi connectivity index (χ2v) is 9.67. The van der Waals surface area contributed by atoms with Crippen LogP contribution in [0.15, 0.2) is 53.4 Å². The Labute approximate surface area is 196 Å². The molecule has 184 valence electrons. The summed E-state index contributed by atoms with van der Waals surface area (Å²) >= 11 is 0. The van der Waals surface area contributed by atoms with Gasteiger partial charge in [0.25, 0.3) is 0 Å². The molecule has 1 amide bonds. The highest BCUT2D eigenvalue weighted by Crippen LogP contribution is 2.38. The fourth-order valence-corrected chi connectivity index (χ4v) is 5.44. The lowest BCUT2D eigenvalue weighted by molar-refractivity contribution is 0.209. The Morgan fingerprint density at radius 1 is 0.886 bits per heavy atom. The van der Waals surface area contributed by atoms with Crippen molar-refractivity contribution in [3.63, 3.8) is 0 Å². The van der Waals surface area contributed by atoms with Gasteiger partial charge in [0, 0.05) is 18.3 Å². The van der Waals surface area contributed by atoms with Crippen LogP contribution in [0.5, 0.6) is 0 Å². The van der Waals surface area contributed by atoms with Gasteiger partial charge in [0.15, 0.2) is 28.2 Å². The van der Waals surface area contributed by atoms with Crippen molar-refractivity contribution < 1.29 is 40.3 Å². The van der Waals surface area contributed by atoms with Gasteiger partial charge in [-0.3, -0.25) is 5.32 Å². The van der Waals surface area contributed by atoms with E-state index in [1.165, 1.54) is 12.1 Å². The minimum absolute atomic E-state index is 0.298. The van der Waals surface area contributed by atoms with E-state index in [-0.39, 0.29) is 0 Å². The van der Waals surface area contributed by atoms with Gasteiger partial charge in [-0.25, -0.2) is 35.2 Å². The van der Waals surface area contributed by atoms with Gasteiger partial charge in [0.1, 0.15) is 0 Å². The van der Waals surface area contributed by atoms with Gasteiger partial charge in [-0.15, -0.1) is 0 Å². The number of sulfonamides is 1. The summed E-state index contributed by atoms with van der Waals surface area (Å²) in [5.41, 5.74) is 1.83. The molecule has 3 aromatic carbocycles. The summed E-state index contributed by atoms with van der Waals surface area (Å²) in [5, 5.41) is 11.0. The Bertz CT molecular complexity index is 1380. The van der Waals surface area contributed by atoms with E-state index in [2.05, 4.69) is 5.32 Å². The van der Waals surface area contributed by atoms with Crippen LogP contribution in [0.2, 0.25) is 0 Å². The molecule has 0 bridgehead atoms. The van der Waals surface area contributed by atoms with E-state index in [9.17, 15) is 35.2 Å². The van der Waals surface area contributed by atoms with Crippen molar-refractivity contribution in [3.8, 4) is 11.1 Å². The van der Waals surface area contributed by atoms with Crippen molar-refractivity contribution in [1.29, 1.82) is 0 Å². The van der Waals surface area contributed by atoms with Crippen molar-refractivity contribution in [3.05, 3.63) is 83.2 Å². The van der Waals surface area contributed by atoms with Crippen LogP contribution in [0.3, 0.4) is 0 Å². The van der Waals surface area contributed by atoms with Gasteiger partial charge in [0.05, 0.1) is 0 Å². The van der Waals surface area contributed by atoms with Crippen LogP contribution in [0, 0.1) is 29.1 Å². The maximum atomic E-state index is 14.4. The quantitative estimate of drug-likeness (QED) is 0.249. The molecule has 0 unspecified atom stereocenters. The molecule has 1 aliphatic carbocycles. The van der Waals surface area contributed by atoms with Crippen LogP contribution < -0.4 is 5.32 Å². The van der Waals surface area contributed by atoms with Gasteiger partial charge < -0.3 is 5.11 Å². The molecular weight excluding hydrogens is 495 g/mol. The van der Waals surface area contributed by atoms with Crippen molar-refractivity contribution in [1.82, 2.24) is 4.31 Å². The third-order valence-corrected chi connectivity index (χ3v) is 7.40. The molecule has 4 rings (SSSR count). The molecule has 35 heavy (non-hydrogen) atoms. The monoisotopic (exact) mass is 512 g/mol. The molecule has 0 heterocycles. The lowest BCUT2D eigenvalue weighted by Gasteiger charge is -2.24. The first-order chi connectivity index (χ1) is 16.5. The zero-order chi connectivity index (χ0) is 25.5. The molecule has 1 fully saturated rings. The number of carbonyl (C=O) groups is 1. The average molecular weight is 512 g/mol. The van der Waals surface area contributed by atoms with Gasteiger partial charge in [0.2, 0.25) is 15.8 Å². The molecule has 6 nitrogen and oxygen atoms in total. The predicted octanol–water partition coefficient (Wildman–Crippen LogP) is 5.49. The van der Waals surface area contributed by atoms with Crippen LogP contribution in [0.25, 0.3) is 11.1 Å². The van der Waals surface area contributed by atoms with Crippen molar-refractivity contribution in [2.45, 2.75) is 30.3 Å². The highest BCUT2D eigenvalue weighted by Gasteiger charge is 2.43. The van der Waals surface area contributed by atoms with E-state index in [0.717, 1.165) is 4.31 Å². The minimum atomic E-state index is -5.12. The highest BCUT2D eigenvalue weighted by molar-refractivity contribution is 7.89. The first-order valence-corrected chi connectivity index (χ1v) is 11.7. The summed E-state index contributed by atoms with van der Waals surface area (Å²) < 4.78 is 96.9.